The molecule has 1 aromatic carbocycles. The van der Waals surface area contributed by atoms with Crippen molar-refractivity contribution in [1.29, 1.82) is 0 Å². The molecule has 2 aromatic rings. The van der Waals surface area contributed by atoms with Crippen molar-refractivity contribution >= 4 is 5.91 Å². The van der Waals surface area contributed by atoms with Crippen molar-refractivity contribution in [2.75, 3.05) is 6.54 Å². The lowest BCUT2D eigenvalue weighted by Crippen LogP contribution is -2.35. The Morgan fingerprint density at radius 1 is 1.28 bits per heavy atom. The van der Waals surface area contributed by atoms with Crippen LogP contribution in [0.15, 0.2) is 48.8 Å². The van der Waals surface area contributed by atoms with Crippen LogP contribution in [0.25, 0.3) is 0 Å². The van der Waals surface area contributed by atoms with Crippen LogP contribution in [0.2, 0.25) is 0 Å². The fourth-order valence-electron chi connectivity index (χ4n) is 3.19. The second kappa shape index (κ2) is 8.62. The smallest absolute Gasteiger partial charge is 0.251 e. The lowest BCUT2D eigenvalue weighted by atomic mass is 10.0. The Morgan fingerprint density at radius 3 is 2.88 bits per heavy atom. The quantitative estimate of drug-likeness (QED) is 0.813. The van der Waals surface area contributed by atoms with Crippen LogP contribution in [0.4, 0.5) is 0 Å². The summed E-state index contributed by atoms with van der Waals surface area (Å²) in [6.07, 6.45) is 7.45. The molecule has 1 fully saturated rings. The van der Waals surface area contributed by atoms with E-state index < -0.39 is 6.10 Å². The van der Waals surface area contributed by atoms with Crippen molar-refractivity contribution in [3.8, 4) is 5.75 Å². The van der Waals surface area contributed by atoms with E-state index in [2.05, 4.69) is 10.3 Å². The summed E-state index contributed by atoms with van der Waals surface area (Å²) >= 11 is 0. The van der Waals surface area contributed by atoms with E-state index in [1.54, 1.807) is 30.6 Å². The number of pyridine rings is 1. The molecule has 1 atom stereocenters. The van der Waals surface area contributed by atoms with Crippen molar-refractivity contribution in [3.05, 3.63) is 59.9 Å². The molecule has 1 heterocycles. The van der Waals surface area contributed by atoms with Crippen molar-refractivity contribution in [2.24, 2.45) is 5.92 Å². The van der Waals surface area contributed by atoms with Gasteiger partial charge in [-0.1, -0.05) is 25.0 Å². The van der Waals surface area contributed by atoms with E-state index in [1.165, 1.54) is 12.8 Å². The fourth-order valence-corrected chi connectivity index (χ4v) is 3.19. The highest BCUT2D eigenvalue weighted by atomic mass is 16.5. The number of carbonyl (C=O) groups is 1. The van der Waals surface area contributed by atoms with Crippen LogP contribution in [-0.2, 0) is 6.61 Å². The van der Waals surface area contributed by atoms with Gasteiger partial charge >= 0.3 is 0 Å². The summed E-state index contributed by atoms with van der Waals surface area (Å²) in [5, 5.41) is 13.0. The lowest BCUT2D eigenvalue weighted by Gasteiger charge is -2.18. The summed E-state index contributed by atoms with van der Waals surface area (Å²) in [6, 6.07) is 10.9. The van der Waals surface area contributed by atoms with Gasteiger partial charge in [0.25, 0.3) is 5.91 Å². The van der Waals surface area contributed by atoms with Crippen LogP contribution in [0.3, 0.4) is 0 Å². The highest BCUT2D eigenvalue weighted by Gasteiger charge is 2.23. The number of aromatic nitrogens is 1. The molecule has 0 spiro atoms. The van der Waals surface area contributed by atoms with Crippen molar-refractivity contribution < 1.29 is 14.6 Å². The fraction of sp³-hybridized carbons (Fsp3) is 0.400. The highest BCUT2D eigenvalue weighted by molar-refractivity contribution is 5.94. The molecule has 1 saturated carbocycles. The van der Waals surface area contributed by atoms with Crippen LogP contribution >= 0.6 is 0 Å². The molecule has 0 aliphatic heterocycles. The average molecular weight is 340 g/mol. The number of rotatable bonds is 7. The summed E-state index contributed by atoms with van der Waals surface area (Å²) in [5.41, 5.74) is 1.50. The number of nitrogens with zero attached hydrogens (tertiary/aromatic N) is 1. The minimum atomic E-state index is -0.462. The van der Waals surface area contributed by atoms with Gasteiger partial charge in [0.2, 0.25) is 0 Å². The minimum absolute atomic E-state index is 0.191. The molecular formula is C20H24N2O3. The third-order valence-electron chi connectivity index (χ3n) is 4.64. The van der Waals surface area contributed by atoms with Gasteiger partial charge in [0, 0.05) is 30.1 Å². The Labute approximate surface area is 148 Å². The maximum absolute atomic E-state index is 12.3. The molecule has 5 nitrogen and oxygen atoms in total. The van der Waals surface area contributed by atoms with Crippen molar-refractivity contribution in [2.45, 2.75) is 38.4 Å². The Kier molecular flexibility index (Phi) is 6.01. The first-order valence-corrected chi connectivity index (χ1v) is 8.80. The van der Waals surface area contributed by atoms with E-state index in [0.29, 0.717) is 30.4 Å². The Hall–Kier alpha value is -2.40. The highest BCUT2D eigenvalue weighted by Crippen LogP contribution is 2.27. The maximum Gasteiger partial charge on any atom is 0.251 e. The number of amides is 1. The molecule has 1 unspecified atom stereocenters. The lowest BCUT2D eigenvalue weighted by molar-refractivity contribution is 0.0840. The SMILES string of the molecule is O=C(NCC(O)C1CCCC1)c1cccc(OCc2cccnc2)c1. The largest absolute Gasteiger partial charge is 0.489 e. The molecule has 0 bridgehead atoms. The van der Waals surface area contributed by atoms with Crippen LogP contribution in [0.5, 0.6) is 5.75 Å². The third kappa shape index (κ3) is 5.03. The molecule has 1 aliphatic carbocycles. The Morgan fingerprint density at radius 2 is 2.12 bits per heavy atom. The number of hydrogen-bond acceptors (Lipinski definition) is 4. The minimum Gasteiger partial charge on any atom is -0.489 e. The number of aliphatic hydroxyl groups is 1. The molecule has 132 valence electrons. The first-order chi connectivity index (χ1) is 12.2. The van der Waals surface area contributed by atoms with Gasteiger partial charge in [-0.2, -0.15) is 0 Å². The number of benzene rings is 1. The molecule has 25 heavy (non-hydrogen) atoms. The molecule has 0 saturated heterocycles. The van der Waals surface area contributed by atoms with Crippen molar-refractivity contribution in [3.63, 3.8) is 0 Å². The van der Waals surface area contributed by atoms with Gasteiger partial charge < -0.3 is 15.2 Å². The summed E-state index contributed by atoms with van der Waals surface area (Å²) in [6.45, 7) is 0.698. The zero-order valence-electron chi connectivity index (χ0n) is 14.2. The molecular weight excluding hydrogens is 316 g/mol. The van der Waals surface area contributed by atoms with E-state index in [0.717, 1.165) is 18.4 Å². The van der Waals surface area contributed by atoms with Crippen LogP contribution in [0, 0.1) is 5.92 Å². The third-order valence-corrected chi connectivity index (χ3v) is 4.64. The molecule has 0 radical (unpaired) electrons. The predicted molar refractivity (Wildman–Crippen MR) is 95.3 cm³/mol. The Balaban J connectivity index is 1.52. The van der Waals surface area contributed by atoms with Gasteiger partial charge in [-0.3, -0.25) is 9.78 Å². The maximum atomic E-state index is 12.3. The van der Waals surface area contributed by atoms with Gasteiger partial charge in [0.05, 0.1) is 6.10 Å². The summed E-state index contributed by atoms with van der Waals surface area (Å²) in [7, 11) is 0. The zero-order valence-corrected chi connectivity index (χ0v) is 14.2. The number of carbonyl (C=O) groups excluding carboxylic acids is 1. The number of hydrogen-bond donors (Lipinski definition) is 2. The zero-order chi connectivity index (χ0) is 17.5. The Bertz CT molecular complexity index is 684. The molecule has 2 N–H and O–H groups in total. The normalized spacial score (nSPS) is 15.7. The first-order valence-electron chi connectivity index (χ1n) is 8.80. The van der Waals surface area contributed by atoms with Gasteiger partial charge in [-0.05, 0) is 43.0 Å². The van der Waals surface area contributed by atoms with Crippen LogP contribution in [0.1, 0.15) is 41.6 Å². The first kappa shape index (κ1) is 17.4. The van der Waals surface area contributed by atoms with Crippen LogP contribution < -0.4 is 10.1 Å². The van der Waals surface area contributed by atoms with Crippen LogP contribution in [-0.4, -0.2) is 28.6 Å². The molecule has 1 aliphatic rings. The topological polar surface area (TPSA) is 71.5 Å². The summed E-state index contributed by atoms with van der Waals surface area (Å²) < 4.78 is 5.72. The van der Waals surface area contributed by atoms with E-state index in [-0.39, 0.29) is 5.91 Å². The average Bonchev–Trinajstić information content (AvgIpc) is 3.20. The molecule has 1 aromatic heterocycles. The molecule has 1 amide bonds. The summed E-state index contributed by atoms with van der Waals surface area (Å²) in [4.78, 5) is 16.4. The molecule has 5 heteroatoms. The standard InChI is InChI=1S/C20H24N2O3/c23-19(16-6-1-2-7-16)13-22-20(24)17-8-3-9-18(11-17)25-14-15-5-4-10-21-12-15/h3-5,8-12,16,19,23H,1-2,6-7,13-14H2,(H,22,24). The molecule has 3 rings (SSSR count). The predicted octanol–water partition coefficient (Wildman–Crippen LogP) is 2.94. The second-order valence-electron chi connectivity index (χ2n) is 6.50. The van der Waals surface area contributed by atoms with Crippen molar-refractivity contribution in [1.82, 2.24) is 10.3 Å². The second-order valence-corrected chi connectivity index (χ2v) is 6.50. The van der Waals surface area contributed by atoms with Gasteiger partial charge in [-0.15, -0.1) is 0 Å². The monoisotopic (exact) mass is 340 g/mol. The number of aliphatic hydroxyl groups excluding tert-OH is 1. The number of nitrogens with one attached hydrogen (secondary N) is 1. The van der Waals surface area contributed by atoms with Gasteiger partial charge in [-0.25, -0.2) is 0 Å². The number of ether oxygens (including phenoxy) is 1. The van der Waals surface area contributed by atoms with Gasteiger partial charge in [0.1, 0.15) is 12.4 Å². The summed E-state index contributed by atoms with van der Waals surface area (Å²) in [5.74, 6) is 0.756. The van der Waals surface area contributed by atoms with E-state index in [1.807, 2.05) is 18.2 Å². The van der Waals surface area contributed by atoms with E-state index in [9.17, 15) is 9.90 Å². The van der Waals surface area contributed by atoms with E-state index in [4.69, 9.17) is 4.74 Å². The van der Waals surface area contributed by atoms with Gasteiger partial charge in [0.15, 0.2) is 0 Å². The van der Waals surface area contributed by atoms with E-state index >= 15 is 0 Å².